The average Bonchev–Trinajstić information content (AvgIpc) is 2.44. The van der Waals surface area contributed by atoms with Gasteiger partial charge in [0.1, 0.15) is 0 Å². The lowest BCUT2D eigenvalue weighted by atomic mass is 10.00. The molecule has 0 fully saturated rings. The molecule has 0 amide bonds. The minimum atomic E-state index is -3.46. The molecule has 0 radical (unpaired) electrons. The predicted octanol–water partition coefficient (Wildman–Crippen LogP) is 1.05. The molecule has 0 bridgehead atoms. The molecule has 2 aromatic rings. The molecule has 20 heavy (non-hydrogen) atoms. The fourth-order valence-electron chi connectivity index (χ4n) is 1.98. The van der Waals surface area contributed by atoms with Crippen LogP contribution < -0.4 is 10.5 Å². The highest BCUT2D eigenvalue weighted by Crippen LogP contribution is 2.20. The molecule has 1 atom stereocenters. The second kappa shape index (κ2) is 6.60. The maximum Gasteiger partial charge on any atom is 0.210 e. The van der Waals surface area contributed by atoms with E-state index in [1.54, 1.807) is 12.4 Å². The minimum Gasteiger partial charge on any atom is -0.305 e. The summed E-state index contributed by atoms with van der Waals surface area (Å²) in [5.41, 5.74) is 2.09. The molecule has 0 aliphatic rings. The lowest BCUT2D eigenvalue weighted by molar-refractivity contribution is 0.583. The zero-order valence-electron chi connectivity index (χ0n) is 10.9. The van der Waals surface area contributed by atoms with Crippen LogP contribution in [-0.2, 0) is 10.0 Å². The van der Waals surface area contributed by atoms with Gasteiger partial charge in [0.25, 0.3) is 0 Å². The third-order valence-electron chi connectivity index (χ3n) is 2.91. The minimum absolute atomic E-state index is 0.0825. The van der Waals surface area contributed by atoms with E-state index >= 15 is 0 Å². The van der Waals surface area contributed by atoms with Crippen molar-refractivity contribution in [1.29, 1.82) is 0 Å². The number of nitrogens with two attached hydrogens (primary N) is 1. The Morgan fingerprint density at radius 3 is 2.25 bits per heavy atom. The molecule has 0 saturated heterocycles. The number of sulfonamides is 1. The van der Waals surface area contributed by atoms with Crippen molar-refractivity contribution in [3.8, 4) is 0 Å². The standard InChI is InChI=1S/C14H17N3O2S/c15-20(18,19)11-10-17-14(12-4-2-1-3-5-12)13-6-8-16-9-7-13/h1-9,14,17H,10-11H2,(H2,15,18,19). The van der Waals surface area contributed by atoms with E-state index in [4.69, 9.17) is 5.14 Å². The Labute approximate surface area is 118 Å². The summed E-state index contributed by atoms with van der Waals surface area (Å²) >= 11 is 0. The number of rotatable bonds is 6. The highest BCUT2D eigenvalue weighted by atomic mass is 32.2. The number of aromatic nitrogens is 1. The van der Waals surface area contributed by atoms with Crippen molar-refractivity contribution in [2.45, 2.75) is 6.04 Å². The van der Waals surface area contributed by atoms with Gasteiger partial charge in [-0.15, -0.1) is 0 Å². The Hall–Kier alpha value is -1.76. The summed E-state index contributed by atoms with van der Waals surface area (Å²) in [7, 11) is -3.46. The number of nitrogens with one attached hydrogen (secondary N) is 1. The Balaban J connectivity index is 2.17. The molecule has 0 spiro atoms. The molecule has 106 valence electrons. The highest BCUT2D eigenvalue weighted by molar-refractivity contribution is 7.89. The zero-order chi connectivity index (χ0) is 14.4. The largest absolute Gasteiger partial charge is 0.305 e. The van der Waals surface area contributed by atoms with Crippen molar-refractivity contribution < 1.29 is 8.42 Å². The number of pyridine rings is 1. The summed E-state index contributed by atoms with van der Waals surface area (Å²) in [6, 6.07) is 13.6. The maximum absolute atomic E-state index is 11.0. The Morgan fingerprint density at radius 2 is 1.65 bits per heavy atom. The summed E-state index contributed by atoms with van der Waals surface area (Å²) in [6.07, 6.45) is 3.43. The molecule has 2 rings (SSSR count). The van der Waals surface area contributed by atoms with Gasteiger partial charge in [-0.05, 0) is 23.3 Å². The van der Waals surface area contributed by atoms with Gasteiger partial charge in [0.15, 0.2) is 0 Å². The van der Waals surface area contributed by atoms with E-state index in [-0.39, 0.29) is 11.8 Å². The molecule has 0 aliphatic carbocycles. The molecule has 1 aromatic carbocycles. The van der Waals surface area contributed by atoms with E-state index in [0.29, 0.717) is 6.54 Å². The van der Waals surface area contributed by atoms with Gasteiger partial charge in [-0.1, -0.05) is 30.3 Å². The van der Waals surface area contributed by atoms with Crippen LogP contribution in [0.1, 0.15) is 17.2 Å². The van der Waals surface area contributed by atoms with Gasteiger partial charge in [-0.25, -0.2) is 13.6 Å². The molecule has 1 unspecified atom stereocenters. The first-order valence-electron chi connectivity index (χ1n) is 6.25. The summed E-state index contributed by atoms with van der Waals surface area (Å²) in [4.78, 5) is 4.00. The second-order valence-corrected chi connectivity index (χ2v) is 6.18. The Bertz CT molecular complexity index is 590. The first-order chi connectivity index (χ1) is 9.56. The number of hydrogen-bond acceptors (Lipinski definition) is 4. The van der Waals surface area contributed by atoms with Crippen molar-refractivity contribution in [3.63, 3.8) is 0 Å². The summed E-state index contributed by atoms with van der Waals surface area (Å²) in [5, 5.41) is 8.24. The van der Waals surface area contributed by atoms with Crippen molar-refractivity contribution in [3.05, 3.63) is 66.0 Å². The van der Waals surface area contributed by atoms with E-state index in [0.717, 1.165) is 11.1 Å². The summed E-state index contributed by atoms with van der Waals surface area (Å²) in [5.74, 6) is -0.0958. The van der Waals surface area contributed by atoms with Crippen LogP contribution in [0.25, 0.3) is 0 Å². The fourth-order valence-corrected chi connectivity index (χ4v) is 2.38. The SMILES string of the molecule is NS(=O)(=O)CCNC(c1ccccc1)c1ccncc1. The van der Waals surface area contributed by atoms with Gasteiger partial charge in [0.05, 0.1) is 11.8 Å². The Kier molecular flexibility index (Phi) is 4.84. The molecular formula is C14H17N3O2S. The van der Waals surface area contributed by atoms with Crippen molar-refractivity contribution in [1.82, 2.24) is 10.3 Å². The molecule has 1 aromatic heterocycles. The first kappa shape index (κ1) is 14.6. The van der Waals surface area contributed by atoms with Crippen molar-refractivity contribution in [2.75, 3.05) is 12.3 Å². The molecule has 0 aliphatic heterocycles. The van der Waals surface area contributed by atoms with Crippen LogP contribution in [0, 0.1) is 0 Å². The van der Waals surface area contributed by atoms with Crippen molar-refractivity contribution >= 4 is 10.0 Å². The van der Waals surface area contributed by atoms with Crippen LogP contribution in [0.3, 0.4) is 0 Å². The van der Waals surface area contributed by atoms with Gasteiger partial charge in [0, 0.05) is 18.9 Å². The third kappa shape index (κ3) is 4.41. The van der Waals surface area contributed by atoms with Gasteiger partial charge in [-0.3, -0.25) is 4.98 Å². The summed E-state index contributed by atoms with van der Waals surface area (Å²) < 4.78 is 22.0. The van der Waals surface area contributed by atoms with Crippen LogP contribution in [0.15, 0.2) is 54.9 Å². The number of primary sulfonamides is 1. The zero-order valence-corrected chi connectivity index (χ0v) is 11.8. The summed E-state index contributed by atoms with van der Waals surface area (Å²) in [6.45, 7) is 0.292. The maximum atomic E-state index is 11.0. The number of hydrogen-bond donors (Lipinski definition) is 2. The van der Waals surface area contributed by atoms with E-state index in [9.17, 15) is 8.42 Å². The van der Waals surface area contributed by atoms with Gasteiger partial charge >= 0.3 is 0 Å². The monoisotopic (exact) mass is 291 g/mol. The smallest absolute Gasteiger partial charge is 0.210 e. The van der Waals surface area contributed by atoms with Crippen LogP contribution in [0.2, 0.25) is 0 Å². The molecule has 6 heteroatoms. The van der Waals surface area contributed by atoms with E-state index in [2.05, 4.69) is 10.3 Å². The van der Waals surface area contributed by atoms with Crippen LogP contribution in [0.4, 0.5) is 0 Å². The topological polar surface area (TPSA) is 85.1 Å². The van der Waals surface area contributed by atoms with E-state index < -0.39 is 10.0 Å². The van der Waals surface area contributed by atoms with Crippen LogP contribution in [-0.4, -0.2) is 25.7 Å². The van der Waals surface area contributed by atoms with Crippen LogP contribution in [0.5, 0.6) is 0 Å². The third-order valence-corrected chi connectivity index (χ3v) is 3.68. The van der Waals surface area contributed by atoms with Gasteiger partial charge in [-0.2, -0.15) is 0 Å². The number of benzene rings is 1. The second-order valence-electron chi connectivity index (χ2n) is 4.45. The van der Waals surface area contributed by atoms with Gasteiger partial charge in [0.2, 0.25) is 10.0 Å². The molecule has 3 N–H and O–H groups in total. The van der Waals surface area contributed by atoms with Gasteiger partial charge < -0.3 is 5.32 Å². The van der Waals surface area contributed by atoms with Crippen molar-refractivity contribution in [2.24, 2.45) is 5.14 Å². The lowest BCUT2D eigenvalue weighted by Gasteiger charge is -2.19. The van der Waals surface area contributed by atoms with E-state index in [1.165, 1.54) is 0 Å². The lowest BCUT2D eigenvalue weighted by Crippen LogP contribution is -2.30. The number of nitrogens with zero attached hydrogens (tertiary/aromatic N) is 1. The van der Waals surface area contributed by atoms with E-state index in [1.807, 2.05) is 42.5 Å². The predicted molar refractivity (Wildman–Crippen MR) is 78.5 cm³/mol. The average molecular weight is 291 g/mol. The normalized spacial score (nSPS) is 13.1. The Morgan fingerprint density at radius 1 is 1.05 bits per heavy atom. The molecule has 0 saturated carbocycles. The quantitative estimate of drug-likeness (QED) is 0.833. The first-order valence-corrected chi connectivity index (χ1v) is 7.96. The highest BCUT2D eigenvalue weighted by Gasteiger charge is 2.14. The molecular weight excluding hydrogens is 274 g/mol. The van der Waals surface area contributed by atoms with Crippen LogP contribution >= 0.6 is 0 Å². The molecule has 1 heterocycles. The molecule has 5 nitrogen and oxygen atoms in total. The fraction of sp³-hybridized carbons (Fsp3) is 0.214.